The summed E-state index contributed by atoms with van der Waals surface area (Å²) < 4.78 is 5.19. The van der Waals surface area contributed by atoms with Crippen molar-refractivity contribution in [3.05, 3.63) is 41.3 Å². The highest BCUT2D eigenvalue weighted by molar-refractivity contribution is 5.24. The number of rotatable bonds is 4. The molecular weight excluding hydrogens is 228 g/mol. The molecule has 0 aliphatic carbocycles. The molecule has 0 aromatic carbocycles. The van der Waals surface area contributed by atoms with Crippen LogP contribution in [0.25, 0.3) is 0 Å². The van der Waals surface area contributed by atoms with Crippen LogP contribution in [-0.2, 0) is 0 Å². The van der Waals surface area contributed by atoms with E-state index in [-0.39, 0.29) is 12.1 Å². The summed E-state index contributed by atoms with van der Waals surface area (Å²) in [6.07, 6.45) is 5.15. The Bertz CT molecular complexity index is 489. The highest BCUT2D eigenvalue weighted by Crippen LogP contribution is 2.23. The lowest BCUT2D eigenvalue weighted by Gasteiger charge is -2.19. The fourth-order valence-corrected chi connectivity index (χ4v) is 2.19. The van der Waals surface area contributed by atoms with Crippen LogP contribution in [0.3, 0.4) is 0 Å². The average molecular weight is 246 g/mol. The maximum absolute atomic E-state index is 5.19. The van der Waals surface area contributed by atoms with Crippen LogP contribution in [0, 0.1) is 13.8 Å². The van der Waals surface area contributed by atoms with E-state index in [1.807, 2.05) is 13.8 Å². The molecule has 2 atom stereocenters. The molecule has 2 aromatic rings. The Morgan fingerprint density at radius 3 is 2.50 bits per heavy atom. The predicted molar refractivity (Wildman–Crippen MR) is 68.0 cm³/mol. The lowest BCUT2D eigenvalue weighted by atomic mass is 10.1. The van der Waals surface area contributed by atoms with Crippen LogP contribution in [0.5, 0.6) is 0 Å². The Kier molecular flexibility index (Phi) is 3.72. The van der Waals surface area contributed by atoms with E-state index in [9.17, 15) is 0 Å². The number of aryl methyl sites for hydroxylation is 2. The van der Waals surface area contributed by atoms with Gasteiger partial charge in [0.1, 0.15) is 5.76 Å². The van der Waals surface area contributed by atoms with E-state index in [1.54, 1.807) is 18.6 Å². The third kappa shape index (κ3) is 2.56. The van der Waals surface area contributed by atoms with E-state index < -0.39 is 0 Å². The fraction of sp³-hybridized carbons (Fsp3) is 0.462. The van der Waals surface area contributed by atoms with Crippen LogP contribution in [-0.4, -0.2) is 15.1 Å². The largest absolute Gasteiger partial charge is 0.361 e. The molecule has 96 valence electrons. The topological polar surface area (TPSA) is 63.8 Å². The normalized spacial score (nSPS) is 14.4. The van der Waals surface area contributed by atoms with Gasteiger partial charge in [-0.2, -0.15) is 0 Å². The minimum Gasteiger partial charge on any atom is -0.361 e. The second-order valence-corrected chi connectivity index (χ2v) is 4.48. The van der Waals surface area contributed by atoms with Gasteiger partial charge in [-0.15, -0.1) is 0 Å². The van der Waals surface area contributed by atoms with Gasteiger partial charge < -0.3 is 9.84 Å². The van der Waals surface area contributed by atoms with Crippen molar-refractivity contribution in [2.45, 2.75) is 39.8 Å². The van der Waals surface area contributed by atoms with Gasteiger partial charge in [0.2, 0.25) is 0 Å². The molecule has 0 saturated carbocycles. The quantitative estimate of drug-likeness (QED) is 0.898. The van der Waals surface area contributed by atoms with Crippen molar-refractivity contribution >= 4 is 0 Å². The molecule has 0 radical (unpaired) electrons. The van der Waals surface area contributed by atoms with Crippen molar-refractivity contribution in [2.24, 2.45) is 0 Å². The molecule has 0 aliphatic heterocycles. The molecule has 1 N–H and O–H groups in total. The Labute approximate surface area is 107 Å². The van der Waals surface area contributed by atoms with Crippen molar-refractivity contribution in [1.82, 2.24) is 20.4 Å². The zero-order valence-electron chi connectivity index (χ0n) is 11.1. The van der Waals surface area contributed by atoms with E-state index in [2.05, 4.69) is 34.3 Å². The van der Waals surface area contributed by atoms with Gasteiger partial charge in [0.05, 0.1) is 11.4 Å². The van der Waals surface area contributed by atoms with Gasteiger partial charge in [0.15, 0.2) is 0 Å². The summed E-state index contributed by atoms with van der Waals surface area (Å²) >= 11 is 0. The first-order chi connectivity index (χ1) is 8.59. The number of hydrogen-bond donors (Lipinski definition) is 1. The predicted octanol–water partition coefficient (Wildman–Crippen LogP) is 2.49. The number of nitrogens with one attached hydrogen (secondary N) is 1. The third-order valence-corrected chi connectivity index (χ3v) is 3.05. The SMILES string of the molecule is Cc1noc(C)c1C(C)NC(C)c1cnccn1. The van der Waals surface area contributed by atoms with Gasteiger partial charge in [-0.3, -0.25) is 9.97 Å². The Hall–Kier alpha value is -1.75. The van der Waals surface area contributed by atoms with E-state index in [4.69, 9.17) is 4.52 Å². The second kappa shape index (κ2) is 5.27. The second-order valence-electron chi connectivity index (χ2n) is 4.48. The van der Waals surface area contributed by atoms with Crippen LogP contribution in [0.4, 0.5) is 0 Å². The van der Waals surface area contributed by atoms with Gasteiger partial charge in [0, 0.05) is 36.2 Å². The Morgan fingerprint density at radius 1 is 1.17 bits per heavy atom. The first-order valence-corrected chi connectivity index (χ1v) is 6.04. The lowest BCUT2D eigenvalue weighted by molar-refractivity contribution is 0.389. The third-order valence-electron chi connectivity index (χ3n) is 3.05. The summed E-state index contributed by atoms with van der Waals surface area (Å²) in [6, 6.07) is 0.288. The molecule has 0 amide bonds. The summed E-state index contributed by atoms with van der Waals surface area (Å²) in [7, 11) is 0. The molecule has 2 heterocycles. The van der Waals surface area contributed by atoms with Gasteiger partial charge in [-0.25, -0.2) is 0 Å². The number of hydrogen-bond acceptors (Lipinski definition) is 5. The van der Waals surface area contributed by atoms with Gasteiger partial charge >= 0.3 is 0 Å². The van der Waals surface area contributed by atoms with E-state index in [1.165, 1.54) is 0 Å². The molecule has 2 aromatic heterocycles. The van der Waals surface area contributed by atoms with Crippen LogP contribution in [0.1, 0.15) is 48.6 Å². The summed E-state index contributed by atoms with van der Waals surface area (Å²) in [5.41, 5.74) is 2.97. The number of aromatic nitrogens is 3. The van der Waals surface area contributed by atoms with E-state index in [0.29, 0.717) is 0 Å². The summed E-state index contributed by atoms with van der Waals surface area (Å²) in [5, 5.41) is 7.45. The minimum atomic E-state index is 0.127. The standard InChI is InChI=1S/C13H18N4O/c1-8(12-7-14-5-6-15-12)16-9(2)13-10(3)17-18-11(13)4/h5-9,16H,1-4H3. The van der Waals surface area contributed by atoms with Crippen molar-refractivity contribution in [1.29, 1.82) is 0 Å². The van der Waals surface area contributed by atoms with Gasteiger partial charge in [-0.1, -0.05) is 5.16 Å². The van der Waals surface area contributed by atoms with Gasteiger partial charge in [0.25, 0.3) is 0 Å². The van der Waals surface area contributed by atoms with Crippen LogP contribution < -0.4 is 5.32 Å². The monoisotopic (exact) mass is 246 g/mol. The molecule has 18 heavy (non-hydrogen) atoms. The highest BCUT2D eigenvalue weighted by atomic mass is 16.5. The van der Waals surface area contributed by atoms with Crippen molar-refractivity contribution in [3.8, 4) is 0 Å². The summed E-state index contributed by atoms with van der Waals surface area (Å²) in [5.74, 6) is 0.860. The molecule has 2 unspecified atom stereocenters. The van der Waals surface area contributed by atoms with Gasteiger partial charge in [-0.05, 0) is 27.7 Å². The minimum absolute atomic E-state index is 0.127. The molecule has 0 fully saturated rings. The highest BCUT2D eigenvalue weighted by Gasteiger charge is 2.18. The zero-order valence-corrected chi connectivity index (χ0v) is 11.1. The summed E-state index contributed by atoms with van der Waals surface area (Å²) in [6.45, 7) is 8.05. The van der Waals surface area contributed by atoms with Crippen LogP contribution in [0.15, 0.2) is 23.1 Å². The molecule has 0 spiro atoms. The lowest BCUT2D eigenvalue weighted by Crippen LogP contribution is -2.24. The zero-order chi connectivity index (χ0) is 13.1. The first kappa shape index (κ1) is 12.7. The first-order valence-electron chi connectivity index (χ1n) is 6.04. The molecule has 0 bridgehead atoms. The van der Waals surface area contributed by atoms with Crippen LogP contribution in [0.2, 0.25) is 0 Å². The van der Waals surface area contributed by atoms with Crippen molar-refractivity contribution in [3.63, 3.8) is 0 Å². The van der Waals surface area contributed by atoms with E-state index in [0.717, 1.165) is 22.7 Å². The Balaban J connectivity index is 2.11. The smallest absolute Gasteiger partial charge is 0.138 e. The molecule has 5 nitrogen and oxygen atoms in total. The molecule has 5 heteroatoms. The molecular formula is C13H18N4O. The summed E-state index contributed by atoms with van der Waals surface area (Å²) in [4.78, 5) is 8.37. The van der Waals surface area contributed by atoms with Crippen molar-refractivity contribution < 1.29 is 4.52 Å². The fourth-order valence-electron chi connectivity index (χ4n) is 2.19. The molecule has 0 saturated heterocycles. The molecule has 0 aliphatic rings. The maximum atomic E-state index is 5.19. The molecule has 2 rings (SSSR count). The number of nitrogens with zero attached hydrogens (tertiary/aromatic N) is 3. The van der Waals surface area contributed by atoms with Crippen LogP contribution >= 0.6 is 0 Å². The maximum Gasteiger partial charge on any atom is 0.138 e. The Morgan fingerprint density at radius 2 is 1.94 bits per heavy atom. The average Bonchev–Trinajstić information content (AvgIpc) is 2.70. The van der Waals surface area contributed by atoms with E-state index >= 15 is 0 Å². The van der Waals surface area contributed by atoms with Crippen molar-refractivity contribution in [2.75, 3.05) is 0 Å².